The van der Waals surface area contributed by atoms with Gasteiger partial charge in [-0.1, -0.05) is 72.8 Å². The van der Waals surface area contributed by atoms with Crippen LogP contribution in [-0.4, -0.2) is 28.4 Å². The van der Waals surface area contributed by atoms with Gasteiger partial charge in [0.15, 0.2) is 0 Å². The van der Waals surface area contributed by atoms with Crippen molar-refractivity contribution in [2.45, 2.75) is 45.3 Å². The lowest BCUT2D eigenvalue weighted by atomic mass is 9.88. The highest BCUT2D eigenvalue weighted by Gasteiger charge is 2.18. The Kier molecular flexibility index (Phi) is 8.98. The third kappa shape index (κ3) is 7.33. The van der Waals surface area contributed by atoms with E-state index in [1.807, 2.05) is 43.5 Å². The fourth-order valence-electron chi connectivity index (χ4n) is 4.29. The number of carbonyl (C=O) groups is 1. The molecule has 0 aliphatic carbocycles. The Bertz CT molecular complexity index is 1190. The van der Waals surface area contributed by atoms with Gasteiger partial charge in [-0.15, -0.1) is 11.3 Å². The first-order chi connectivity index (χ1) is 17.5. The highest BCUT2D eigenvalue weighted by atomic mass is 32.1. The standard InChI is InChI=1S/C30H32FN3OS/c1-22(2)32-30(35)28-21-36-29(33-28)20-34(19-23-13-15-26(31)16-14-23)18-17-27(24-9-5-3-6-10-24)25-11-7-4-8-12-25/h3-16,21-22,27H,17-20H2,1-2H3,(H,32,35). The van der Waals surface area contributed by atoms with Crippen molar-refractivity contribution >= 4 is 17.2 Å². The fourth-order valence-corrected chi connectivity index (χ4v) is 5.10. The zero-order chi connectivity index (χ0) is 25.3. The number of carbonyl (C=O) groups excluding carboxylic acids is 1. The third-order valence-electron chi connectivity index (χ3n) is 6.02. The highest BCUT2D eigenvalue weighted by Crippen LogP contribution is 2.29. The van der Waals surface area contributed by atoms with E-state index in [2.05, 4.69) is 63.7 Å². The molecule has 0 spiro atoms. The van der Waals surface area contributed by atoms with Crippen molar-refractivity contribution in [3.63, 3.8) is 0 Å². The number of halogens is 1. The summed E-state index contributed by atoms with van der Waals surface area (Å²) in [5.41, 5.74) is 4.07. The molecule has 186 valence electrons. The average Bonchev–Trinajstić information content (AvgIpc) is 3.35. The lowest BCUT2D eigenvalue weighted by molar-refractivity contribution is 0.0938. The molecule has 3 aromatic carbocycles. The Morgan fingerprint density at radius 1 is 0.917 bits per heavy atom. The number of rotatable bonds is 11. The molecule has 4 aromatic rings. The Labute approximate surface area is 216 Å². The zero-order valence-corrected chi connectivity index (χ0v) is 21.5. The van der Waals surface area contributed by atoms with Crippen LogP contribution in [0.3, 0.4) is 0 Å². The van der Waals surface area contributed by atoms with E-state index in [9.17, 15) is 9.18 Å². The highest BCUT2D eigenvalue weighted by molar-refractivity contribution is 7.09. The maximum atomic E-state index is 13.5. The van der Waals surface area contributed by atoms with Crippen LogP contribution in [-0.2, 0) is 13.1 Å². The maximum absolute atomic E-state index is 13.5. The van der Waals surface area contributed by atoms with Crippen LogP contribution in [0.1, 0.15) is 58.4 Å². The van der Waals surface area contributed by atoms with Gasteiger partial charge in [0.05, 0.1) is 6.54 Å². The van der Waals surface area contributed by atoms with Crippen LogP contribution >= 0.6 is 11.3 Å². The normalized spacial score (nSPS) is 11.4. The predicted molar refractivity (Wildman–Crippen MR) is 145 cm³/mol. The van der Waals surface area contributed by atoms with E-state index in [0.717, 1.165) is 23.5 Å². The molecule has 4 nitrogen and oxygen atoms in total. The van der Waals surface area contributed by atoms with Crippen LogP contribution in [0.15, 0.2) is 90.3 Å². The van der Waals surface area contributed by atoms with Gasteiger partial charge in [-0.25, -0.2) is 9.37 Å². The van der Waals surface area contributed by atoms with Gasteiger partial charge < -0.3 is 5.32 Å². The summed E-state index contributed by atoms with van der Waals surface area (Å²) in [6.07, 6.45) is 0.918. The smallest absolute Gasteiger partial charge is 0.270 e. The molecule has 4 rings (SSSR count). The Balaban J connectivity index is 1.53. The zero-order valence-electron chi connectivity index (χ0n) is 20.7. The average molecular weight is 502 g/mol. The molecule has 1 amide bonds. The Hall–Kier alpha value is -3.35. The summed E-state index contributed by atoms with van der Waals surface area (Å²) in [5, 5.41) is 5.61. The van der Waals surface area contributed by atoms with Gasteiger partial charge in [-0.05, 0) is 55.6 Å². The molecule has 1 aromatic heterocycles. The van der Waals surface area contributed by atoms with E-state index in [4.69, 9.17) is 0 Å². The van der Waals surface area contributed by atoms with Crippen LogP contribution < -0.4 is 5.32 Å². The molecule has 0 saturated carbocycles. The number of amides is 1. The number of benzene rings is 3. The van der Waals surface area contributed by atoms with Crippen molar-refractivity contribution in [2.75, 3.05) is 6.54 Å². The molecule has 0 unspecified atom stereocenters. The minimum atomic E-state index is -0.237. The molecule has 6 heteroatoms. The summed E-state index contributed by atoms with van der Waals surface area (Å²) in [4.78, 5) is 19.3. The van der Waals surface area contributed by atoms with E-state index in [1.165, 1.54) is 34.6 Å². The first kappa shape index (κ1) is 25.7. The minimum Gasteiger partial charge on any atom is -0.349 e. The summed E-state index contributed by atoms with van der Waals surface area (Å²) < 4.78 is 13.5. The van der Waals surface area contributed by atoms with Crippen molar-refractivity contribution in [1.82, 2.24) is 15.2 Å². The first-order valence-electron chi connectivity index (χ1n) is 12.3. The Morgan fingerprint density at radius 3 is 2.11 bits per heavy atom. The van der Waals surface area contributed by atoms with Gasteiger partial charge in [0.2, 0.25) is 0 Å². The van der Waals surface area contributed by atoms with Crippen molar-refractivity contribution in [3.8, 4) is 0 Å². The van der Waals surface area contributed by atoms with E-state index in [1.54, 1.807) is 0 Å². The van der Waals surface area contributed by atoms with Crippen LogP contribution in [0.4, 0.5) is 4.39 Å². The van der Waals surface area contributed by atoms with Crippen LogP contribution in [0.5, 0.6) is 0 Å². The molecular formula is C30H32FN3OS. The second-order valence-corrected chi connectivity index (χ2v) is 10.2. The van der Waals surface area contributed by atoms with Gasteiger partial charge in [0.1, 0.15) is 16.5 Å². The fraction of sp³-hybridized carbons (Fsp3) is 0.267. The number of nitrogens with zero attached hydrogens (tertiary/aromatic N) is 2. The van der Waals surface area contributed by atoms with Gasteiger partial charge in [0, 0.05) is 23.9 Å². The molecule has 0 bridgehead atoms. The minimum absolute atomic E-state index is 0.0607. The van der Waals surface area contributed by atoms with Gasteiger partial charge >= 0.3 is 0 Å². The topological polar surface area (TPSA) is 45.2 Å². The molecule has 0 atom stereocenters. The molecule has 0 aliphatic rings. The van der Waals surface area contributed by atoms with Crippen LogP contribution in [0, 0.1) is 5.82 Å². The Morgan fingerprint density at radius 2 is 1.53 bits per heavy atom. The second-order valence-electron chi connectivity index (χ2n) is 9.25. The number of thiazole rings is 1. The molecule has 1 N–H and O–H groups in total. The predicted octanol–water partition coefficient (Wildman–Crippen LogP) is 6.64. The largest absolute Gasteiger partial charge is 0.349 e. The number of hydrogen-bond acceptors (Lipinski definition) is 4. The van der Waals surface area contributed by atoms with Crippen LogP contribution in [0.2, 0.25) is 0 Å². The lowest BCUT2D eigenvalue weighted by Gasteiger charge is -2.25. The first-order valence-corrected chi connectivity index (χ1v) is 13.2. The monoisotopic (exact) mass is 501 g/mol. The van der Waals surface area contributed by atoms with Crippen molar-refractivity contribution in [2.24, 2.45) is 0 Å². The van der Waals surface area contributed by atoms with Crippen LogP contribution in [0.25, 0.3) is 0 Å². The maximum Gasteiger partial charge on any atom is 0.270 e. The van der Waals surface area contributed by atoms with E-state index >= 15 is 0 Å². The van der Waals surface area contributed by atoms with E-state index < -0.39 is 0 Å². The van der Waals surface area contributed by atoms with Gasteiger partial charge in [-0.2, -0.15) is 0 Å². The molecule has 0 fully saturated rings. The van der Waals surface area contributed by atoms with Crippen molar-refractivity contribution in [3.05, 3.63) is 124 Å². The number of aromatic nitrogens is 1. The summed E-state index contributed by atoms with van der Waals surface area (Å²) in [7, 11) is 0. The number of hydrogen-bond donors (Lipinski definition) is 1. The SMILES string of the molecule is CC(C)NC(=O)c1csc(CN(CCC(c2ccccc2)c2ccccc2)Cc2ccc(F)cc2)n1. The van der Waals surface area contributed by atoms with Crippen molar-refractivity contribution < 1.29 is 9.18 Å². The summed E-state index contributed by atoms with van der Waals surface area (Å²) in [6.45, 7) is 5.98. The molecule has 0 radical (unpaired) electrons. The molecule has 0 saturated heterocycles. The number of nitrogens with one attached hydrogen (secondary N) is 1. The van der Waals surface area contributed by atoms with Gasteiger partial charge in [0.25, 0.3) is 5.91 Å². The summed E-state index contributed by atoms with van der Waals surface area (Å²) in [6, 6.07) is 27.9. The lowest BCUT2D eigenvalue weighted by Crippen LogP contribution is -2.30. The quantitative estimate of drug-likeness (QED) is 0.250. The van der Waals surface area contributed by atoms with Gasteiger partial charge in [-0.3, -0.25) is 9.69 Å². The molecular weight excluding hydrogens is 469 g/mol. The molecule has 0 aliphatic heterocycles. The summed E-state index contributed by atoms with van der Waals surface area (Å²) >= 11 is 1.50. The van der Waals surface area contributed by atoms with E-state index in [-0.39, 0.29) is 23.7 Å². The molecule has 36 heavy (non-hydrogen) atoms. The summed E-state index contributed by atoms with van der Waals surface area (Å²) in [5.74, 6) is -0.128. The van der Waals surface area contributed by atoms with Crippen molar-refractivity contribution in [1.29, 1.82) is 0 Å². The second kappa shape index (κ2) is 12.6. The third-order valence-corrected chi connectivity index (χ3v) is 6.85. The molecule has 1 heterocycles. The van der Waals surface area contributed by atoms with E-state index in [0.29, 0.717) is 18.8 Å².